The van der Waals surface area contributed by atoms with Crippen LogP contribution in [-0.2, 0) is 9.53 Å². The zero-order valence-corrected chi connectivity index (χ0v) is 17.6. The van der Waals surface area contributed by atoms with Crippen LogP contribution in [0.1, 0.15) is 33.6 Å². The minimum Gasteiger partial charge on any atom is -0.368 e. The van der Waals surface area contributed by atoms with Crippen LogP contribution in [0, 0.1) is 0 Å². The maximum Gasteiger partial charge on any atom is 0.257 e. The molecule has 3 rings (SSSR count). The quantitative estimate of drug-likeness (QED) is 0.565. The Hall–Kier alpha value is -2.61. The minimum atomic E-state index is -0.401. The van der Waals surface area contributed by atoms with E-state index in [-0.39, 0.29) is 23.5 Å². The second-order valence-electron chi connectivity index (χ2n) is 6.70. The lowest BCUT2D eigenvalue weighted by Crippen LogP contribution is -2.39. The van der Waals surface area contributed by atoms with Crippen molar-refractivity contribution in [3.63, 3.8) is 0 Å². The highest BCUT2D eigenvalue weighted by Gasteiger charge is 2.22. The first kappa shape index (κ1) is 22.1. The molecule has 3 N–H and O–H groups in total. The number of hydrogen-bond acceptors (Lipinski definition) is 4. The monoisotopic (exact) mass is 449 g/mol. The van der Waals surface area contributed by atoms with E-state index in [1.54, 1.807) is 36.4 Å². The van der Waals surface area contributed by atoms with Gasteiger partial charge in [0.05, 0.1) is 10.6 Å². The van der Waals surface area contributed by atoms with Gasteiger partial charge in [-0.2, -0.15) is 0 Å². The third kappa shape index (κ3) is 5.95. The molecule has 0 aromatic heterocycles. The molecule has 1 atom stereocenters. The van der Waals surface area contributed by atoms with Crippen LogP contribution in [0.2, 0.25) is 10.0 Å². The van der Waals surface area contributed by atoms with Gasteiger partial charge in [-0.3, -0.25) is 14.4 Å². The molecular weight excluding hydrogens is 429 g/mol. The Kier molecular flexibility index (Phi) is 7.68. The van der Waals surface area contributed by atoms with Crippen molar-refractivity contribution in [2.75, 3.05) is 25.0 Å². The van der Waals surface area contributed by atoms with Crippen LogP contribution in [0.3, 0.4) is 0 Å². The van der Waals surface area contributed by atoms with Gasteiger partial charge in [-0.1, -0.05) is 23.2 Å². The van der Waals surface area contributed by atoms with Crippen LogP contribution in [0.25, 0.3) is 0 Å². The fourth-order valence-electron chi connectivity index (χ4n) is 2.94. The van der Waals surface area contributed by atoms with Crippen molar-refractivity contribution in [1.82, 2.24) is 10.6 Å². The van der Waals surface area contributed by atoms with Crippen LogP contribution >= 0.6 is 23.2 Å². The van der Waals surface area contributed by atoms with Gasteiger partial charge in [0.2, 0.25) is 5.91 Å². The highest BCUT2D eigenvalue weighted by atomic mass is 35.5. The van der Waals surface area contributed by atoms with Crippen molar-refractivity contribution in [2.24, 2.45) is 0 Å². The lowest BCUT2D eigenvalue weighted by atomic mass is 10.1. The van der Waals surface area contributed by atoms with Gasteiger partial charge in [0.25, 0.3) is 11.8 Å². The number of nitrogens with one attached hydrogen (secondary N) is 3. The van der Waals surface area contributed by atoms with E-state index in [1.165, 1.54) is 6.07 Å². The summed E-state index contributed by atoms with van der Waals surface area (Å²) in [5.74, 6) is -0.833. The number of benzene rings is 2. The SMILES string of the molecule is O=C(NCCNC(=O)C1CCCO1)c1ccc(NC(=O)c2cc(Cl)ccc2Cl)cc1. The summed E-state index contributed by atoms with van der Waals surface area (Å²) in [6.45, 7) is 1.22. The first-order valence-electron chi connectivity index (χ1n) is 9.48. The number of hydrogen-bond donors (Lipinski definition) is 3. The van der Waals surface area contributed by atoms with Crippen LogP contribution in [0.4, 0.5) is 5.69 Å². The van der Waals surface area contributed by atoms with Gasteiger partial charge >= 0.3 is 0 Å². The summed E-state index contributed by atoms with van der Waals surface area (Å²) in [5, 5.41) is 8.88. The summed E-state index contributed by atoms with van der Waals surface area (Å²) in [7, 11) is 0. The second kappa shape index (κ2) is 10.4. The molecule has 2 aromatic rings. The number of carbonyl (C=O) groups excluding carboxylic acids is 3. The number of halogens is 2. The zero-order valence-electron chi connectivity index (χ0n) is 16.0. The molecule has 1 aliphatic heterocycles. The average Bonchev–Trinajstić information content (AvgIpc) is 3.28. The molecule has 3 amide bonds. The summed E-state index contributed by atoms with van der Waals surface area (Å²) in [5.41, 5.74) is 1.20. The molecule has 1 heterocycles. The Bertz CT molecular complexity index is 928. The first-order chi connectivity index (χ1) is 14.4. The van der Waals surface area contributed by atoms with E-state index in [0.717, 1.165) is 12.8 Å². The van der Waals surface area contributed by atoms with Crippen molar-refractivity contribution < 1.29 is 19.1 Å². The van der Waals surface area contributed by atoms with Crippen molar-refractivity contribution in [3.05, 3.63) is 63.6 Å². The predicted molar refractivity (Wildman–Crippen MR) is 115 cm³/mol. The van der Waals surface area contributed by atoms with E-state index in [0.29, 0.717) is 41.0 Å². The normalized spacial score (nSPS) is 15.5. The van der Waals surface area contributed by atoms with Crippen molar-refractivity contribution in [3.8, 4) is 0 Å². The molecule has 30 heavy (non-hydrogen) atoms. The topological polar surface area (TPSA) is 96.5 Å². The van der Waals surface area contributed by atoms with E-state index >= 15 is 0 Å². The van der Waals surface area contributed by atoms with Gasteiger partial charge in [0, 0.05) is 36.0 Å². The Morgan fingerprint density at radius 2 is 1.70 bits per heavy atom. The maximum absolute atomic E-state index is 12.4. The average molecular weight is 450 g/mol. The molecule has 1 unspecified atom stereocenters. The fourth-order valence-corrected chi connectivity index (χ4v) is 3.31. The van der Waals surface area contributed by atoms with Gasteiger partial charge in [0.1, 0.15) is 6.10 Å². The van der Waals surface area contributed by atoms with E-state index in [4.69, 9.17) is 27.9 Å². The molecule has 0 aliphatic carbocycles. The van der Waals surface area contributed by atoms with Crippen LogP contribution in [0.15, 0.2) is 42.5 Å². The highest BCUT2D eigenvalue weighted by Crippen LogP contribution is 2.22. The molecule has 1 aliphatic rings. The fraction of sp³-hybridized carbons (Fsp3) is 0.286. The van der Waals surface area contributed by atoms with Gasteiger partial charge in [0.15, 0.2) is 0 Å². The lowest BCUT2D eigenvalue weighted by Gasteiger charge is -2.11. The Labute approximate surface area is 184 Å². The molecule has 0 spiro atoms. The third-order valence-corrected chi connectivity index (χ3v) is 5.07. The molecule has 1 saturated heterocycles. The van der Waals surface area contributed by atoms with Crippen LogP contribution in [-0.4, -0.2) is 43.5 Å². The molecule has 158 valence electrons. The number of amides is 3. The van der Waals surface area contributed by atoms with Gasteiger partial charge in [-0.25, -0.2) is 0 Å². The van der Waals surface area contributed by atoms with Gasteiger partial charge in [-0.15, -0.1) is 0 Å². The lowest BCUT2D eigenvalue weighted by molar-refractivity contribution is -0.129. The van der Waals surface area contributed by atoms with Crippen molar-refractivity contribution >= 4 is 46.6 Å². The van der Waals surface area contributed by atoms with E-state index in [1.807, 2.05) is 0 Å². The zero-order chi connectivity index (χ0) is 21.5. The second-order valence-corrected chi connectivity index (χ2v) is 7.55. The Morgan fingerprint density at radius 1 is 0.967 bits per heavy atom. The predicted octanol–water partition coefficient (Wildman–Crippen LogP) is 3.27. The third-order valence-electron chi connectivity index (χ3n) is 4.51. The highest BCUT2D eigenvalue weighted by molar-refractivity contribution is 6.36. The summed E-state index contributed by atoms with van der Waals surface area (Å²) < 4.78 is 5.30. The molecule has 0 radical (unpaired) electrons. The smallest absolute Gasteiger partial charge is 0.257 e. The minimum absolute atomic E-state index is 0.151. The number of anilines is 1. The van der Waals surface area contributed by atoms with Crippen molar-refractivity contribution in [1.29, 1.82) is 0 Å². The first-order valence-corrected chi connectivity index (χ1v) is 10.2. The summed E-state index contributed by atoms with van der Waals surface area (Å²) in [4.78, 5) is 36.4. The molecule has 1 fully saturated rings. The standard InChI is InChI=1S/C21H21Cl2N3O4/c22-14-5-8-17(23)16(12-14)20(28)26-15-6-3-13(4-7-15)19(27)24-9-10-25-21(29)18-2-1-11-30-18/h3-8,12,18H,1-2,9-11H2,(H,24,27)(H,25,29)(H,26,28). The molecule has 0 saturated carbocycles. The molecule has 0 bridgehead atoms. The summed E-state index contributed by atoms with van der Waals surface area (Å²) >= 11 is 11.9. The van der Waals surface area contributed by atoms with Crippen LogP contribution < -0.4 is 16.0 Å². The molecular formula is C21H21Cl2N3O4. The Morgan fingerprint density at radius 3 is 2.40 bits per heavy atom. The van der Waals surface area contributed by atoms with Gasteiger partial charge in [-0.05, 0) is 55.3 Å². The van der Waals surface area contributed by atoms with E-state index < -0.39 is 5.91 Å². The summed E-state index contributed by atoms with van der Waals surface area (Å²) in [6, 6.07) is 11.1. The Balaban J connectivity index is 1.46. The number of rotatable bonds is 7. The summed E-state index contributed by atoms with van der Waals surface area (Å²) in [6.07, 6.45) is 1.23. The van der Waals surface area contributed by atoms with Crippen LogP contribution in [0.5, 0.6) is 0 Å². The number of ether oxygens (including phenoxy) is 1. The molecule has 7 nitrogen and oxygen atoms in total. The maximum atomic E-state index is 12.4. The number of carbonyl (C=O) groups is 3. The van der Waals surface area contributed by atoms with Crippen molar-refractivity contribution in [2.45, 2.75) is 18.9 Å². The van der Waals surface area contributed by atoms with E-state index in [2.05, 4.69) is 16.0 Å². The van der Waals surface area contributed by atoms with Gasteiger partial charge < -0.3 is 20.7 Å². The van der Waals surface area contributed by atoms with E-state index in [9.17, 15) is 14.4 Å². The molecule has 9 heteroatoms. The largest absolute Gasteiger partial charge is 0.368 e. The molecule has 2 aromatic carbocycles.